The predicted octanol–water partition coefficient (Wildman–Crippen LogP) is -7.94. The average molecular weight is 253 g/mol. The molecule has 5 heteroatoms. The fraction of sp³-hybridized carbons (Fsp3) is 0.667. The first-order valence-corrected chi connectivity index (χ1v) is 2.51. The molecule has 0 amide bonds. The van der Waals surface area contributed by atoms with E-state index in [4.69, 9.17) is 0 Å². The third-order valence-corrected chi connectivity index (χ3v) is 0.879. The van der Waals surface area contributed by atoms with E-state index in [0.717, 1.165) is 5.57 Å². The molecule has 1 nitrogen and oxygen atoms in total. The van der Waals surface area contributed by atoms with E-state index in [1.807, 2.05) is 20.8 Å². The first kappa shape index (κ1) is 29.6. The minimum atomic E-state index is 0. The van der Waals surface area contributed by atoms with E-state index in [9.17, 15) is 5.11 Å². The topological polar surface area (TPSA) is 23.1 Å². The van der Waals surface area contributed by atoms with Crippen molar-refractivity contribution in [1.29, 1.82) is 0 Å². The minimum Gasteiger partial charge on any atom is -1.00 e. The molecule has 0 unspecified atom stereocenters. The van der Waals surface area contributed by atoms with Gasteiger partial charge in [-0.05, 0) is 20.3 Å². The number of hydrogen-bond donors (Lipinski definition) is 0. The molecule has 0 saturated heterocycles. The van der Waals surface area contributed by atoms with Crippen LogP contribution in [-0.2, 0) is 21.7 Å². The van der Waals surface area contributed by atoms with Gasteiger partial charge in [-0.15, -0.1) is 5.76 Å². The Morgan fingerprint density at radius 1 is 1.09 bits per heavy atom. The van der Waals surface area contributed by atoms with Crippen LogP contribution in [0.5, 0.6) is 0 Å². The second kappa shape index (κ2) is 17.3. The van der Waals surface area contributed by atoms with Gasteiger partial charge in [-0.2, -0.15) is 0 Å². The molecule has 0 aliphatic rings. The van der Waals surface area contributed by atoms with Crippen LogP contribution in [0, 0.1) is 0 Å². The van der Waals surface area contributed by atoms with Crippen molar-refractivity contribution in [3.63, 3.8) is 0 Å². The maximum absolute atomic E-state index is 10.5. The normalized spacial score (nSPS) is 5.36. The Balaban J connectivity index is -0.0000000300. The number of allylic oxidation sites excluding steroid dienone is 2. The Kier molecular flexibility index (Phi) is 46.4. The number of rotatable bonds is 1. The maximum atomic E-state index is 10.5. The van der Waals surface area contributed by atoms with Crippen LogP contribution in [0.4, 0.5) is 0 Å². The fourth-order valence-electron chi connectivity index (χ4n) is 0.354. The zero-order valence-electron chi connectivity index (χ0n) is 6.75. The van der Waals surface area contributed by atoms with E-state index in [-0.39, 0.29) is 64.7 Å². The molecular weight excluding hydrogens is 242 g/mol. The third-order valence-electron chi connectivity index (χ3n) is 0.879. The SMILES string of the molecule is CCC([O-])=C(C)C.[Cl-].[Cl-].[Cl-].[Ti+4]. The van der Waals surface area contributed by atoms with Crippen LogP contribution in [0.2, 0.25) is 0 Å². The minimum absolute atomic E-state index is 0. The van der Waals surface area contributed by atoms with Gasteiger partial charge in [-0.1, -0.05) is 12.5 Å². The van der Waals surface area contributed by atoms with Gasteiger partial charge in [0.15, 0.2) is 0 Å². The van der Waals surface area contributed by atoms with Crippen molar-refractivity contribution in [3.8, 4) is 0 Å². The van der Waals surface area contributed by atoms with Crippen molar-refractivity contribution in [2.75, 3.05) is 0 Å². The van der Waals surface area contributed by atoms with Gasteiger partial charge in [-0.3, -0.25) is 0 Å². The number of halogens is 3. The molecule has 0 N–H and O–H groups in total. The molecule has 0 rings (SSSR count). The van der Waals surface area contributed by atoms with E-state index >= 15 is 0 Å². The summed E-state index contributed by atoms with van der Waals surface area (Å²) in [7, 11) is 0. The summed E-state index contributed by atoms with van der Waals surface area (Å²) < 4.78 is 0. The van der Waals surface area contributed by atoms with E-state index in [1.54, 1.807) is 0 Å². The molecule has 0 saturated carbocycles. The van der Waals surface area contributed by atoms with Crippen molar-refractivity contribution in [3.05, 3.63) is 11.3 Å². The Morgan fingerprint density at radius 3 is 1.36 bits per heavy atom. The van der Waals surface area contributed by atoms with Gasteiger partial charge in [0.05, 0.1) is 0 Å². The second-order valence-electron chi connectivity index (χ2n) is 1.78. The van der Waals surface area contributed by atoms with Crippen LogP contribution in [0.25, 0.3) is 0 Å². The van der Waals surface area contributed by atoms with Gasteiger partial charge in [0.25, 0.3) is 0 Å². The second-order valence-corrected chi connectivity index (χ2v) is 1.78. The third kappa shape index (κ3) is 18.2. The van der Waals surface area contributed by atoms with Gasteiger partial charge in [0.1, 0.15) is 0 Å². The van der Waals surface area contributed by atoms with Crippen LogP contribution in [-0.4, -0.2) is 0 Å². The molecule has 0 fully saturated rings. The van der Waals surface area contributed by atoms with E-state index in [2.05, 4.69) is 0 Å². The van der Waals surface area contributed by atoms with Gasteiger partial charge in [-0.25, -0.2) is 0 Å². The Bertz CT molecular complexity index is 91.8. The molecule has 0 atom stereocenters. The van der Waals surface area contributed by atoms with E-state index < -0.39 is 0 Å². The zero-order chi connectivity index (χ0) is 5.86. The summed E-state index contributed by atoms with van der Waals surface area (Å²) in [6.45, 7) is 5.55. The van der Waals surface area contributed by atoms with Crippen molar-refractivity contribution < 1.29 is 64.0 Å². The molecule has 66 valence electrons. The molecule has 0 heterocycles. The summed E-state index contributed by atoms with van der Waals surface area (Å²) in [5.41, 5.74) is 0.905. The summed E-state index contributed by atoms with van der Waals surface area (Å²) in [4.78, 5) is 0. The zero-order valence-corrected chi connectivity index (χ0v) is 10.6. The van der Waals surface area contributed by atoms with Gasteiger partial charge < -0.3 is 42.3 Å². The molecule has 0 aromatic rings. The van der Waals surface area contributed by atoms with E-state index in [1.165, 1.54) is 0 Å². The van der Waals surface area contributed by atoms with Crippen molar-refractivity contribution in [2.24, 2.45) is 0 Å². The van der Waals surface area contributed by atoms with Crippen LogP contribution in [0.3, 0.4) is 0 Å². The molecule has 0 aromatic heterocycles. The monoisotopic (exact) mass is 252 g/mol. The number of hydrogen-bond acceptors (Lipinski definition) is 1. The maximum Gasteiger partial charge on any atom is 4.00 e. The van der Waals surface area contributed by atoms with Gasteiger partial charge >= 0.3 is 21.7 Å². The fourth-order valence-corrected chi connectivity index (χ4v) is 0.354. The Labute approximate surface area is 102 Å². The molecule has 11 heavy (non-hydrogen) atoms. The van der Waals surface area contributed by atoms with Crippen LogP contribution in [0.1, 0.15) is 27.2 Å². The quantitative estimate of drug-likeness (QED) is 0.336. The van der Waals surface area contributed by atoms with Crippen molar-refractivity contribution in [2.45, 2.75) is 27.2 Å². The summed E-state index contributed by atoms with van der Waals surface area (Å²) in [6, 6.07) is 0. The first-order chi connectivity index (χ1) is 3.18. The van der Waals surface area contributed by atoms with Crippen LogP contribution in [0.15, 0.2) is 11.3 Å². The Hall–Kier alpha value is 1.12. The molecular formula is C6H11Cl3OTi. The smallest absolute Gasteiger partial charge is 1.00 e. The molecule has 0 aliphatic carbocycles. The first-order valence-electron chi connectivity index (χ1n) is 2.51. The van der Waals surface area contributed by atoms with Crippen molar-refractivity contribution >= 4 is 0 Å². The van der Waals surface area contributed by atoms with Gasteiger partial charge in [0.2, 0.25) is 0 Å². The average Bonchev–Trinajstić information content (AvgIpc) is 1.65. The standard InChI is InChI=1S/C6H12O.3ClH.Ti/c1-4-6(7)5(2)3;;;;/h7H,4H2,1-3H3;3*1H;/q;;;;+4/p-4. The predicted molar refractivity (Wildman–Crippen MR) is 28.7 cm³/mol. The van der Waals surface area contributed by atoms with Crippen LogP contribution < -0.4 is 42.3 Å². The molecule has 0 radical (unpaired) electrons. The van der Waals surface area contributed by atoms with Crippen LogP contribution >= 0.6 is 0 Å². The molecule has 0 aromatic carbocycles. The van der Waals surface area contributed by atoms with Gasteiger partial charge in [0, 0.05) is 0 Å². The summed E-state index contributed by atoms with van der Waals surface area (Å²) in [5, 5.41) is 10.5. The Morgan fingerprint density at radius 2 is 1.36 bits per heavy atom. The molecule has 0 aliphatic heterocycles. The summed E-state index contributed by atoms with van der Waals surface area (Å²) >= 11 is 0. The summed E-state index contributed by atoms with van der Waals surface area (Å²) in [6.07, 6.45) is 0.641. The summed E-state index contributed by atoms with van der Waals surface area (Å²) in [5.74, 6) is 0.264. The van der Waals surface area contributed by atoms with E-state index in [0.29, 0.717) is 6.42 Å². The van der Waals surface area contributed by atoms with Crippen molar-refractivity contribution in [1.82, 2.24) is 0 Å². The molecule has 0 spiro atoms. The largest absolute Gasteiger partial charge is 4.00 e. The molecule has 0 bridgehead atoms.